The maximum Gasteiger partial charge on any atom is 0.242 e. The molecule has 0 heterocycles. The second-order valence-electron chi connectivity index (χ2n) is 7.37. The third-order valence-electron chi connectivity index (χ3n) is 4.53. The summed E-state index contributed by atoms with van der Waals surface area (Å²) >= 11 is 5.94. The van der Waals surface area contributed by atoms with E-state index in [-0.39, 0.29) is 18.2 Å². The Bertz CT molecular complexity index is 760. The van der Waals surface area contributed by atoms with Gasteiger partial charge in [-0.05, 0) is 35.6 Å². The van der Waals surface area contributed by atoms with Crippen LogP contribution in [0.25, 0.3) is 0 Å². The highest BCUT2D eigenvalue weighted by atomic mass is 35.5. The van der Waals surface area contributed by atoms with Crippen LogP contribution >= 0.6 is 11.6 Å². The summed E-state index contributed by atoms with van der Waals surface area (Å²) in [6, 6.07) is 16.5. The number of rotatable bonds is 9. The number of hydrogen-bond acceptors (Lipinski definition) is 2. The van der Waals surface area contributed by atoms with E-state index in [1.54, 1.807) is 17.0 Å². The minimum atomic E-state index is -0.501. The SMILES string of the molecule is CCC(C(=O)NCC(C)C)N(Cc1ccccc1)C(=O)Cc1ccc(Cl)cc1. The molecule has 2 aromatic rings. The van der Waals surface area contributed by atoms with Crippen molar-refractivity contribution in [3.63, 3.8) is 0 Å². The maximum atomic E-state index is 13.2. The standard InChI is InChI=1S/C23H29ClN2O2/c1-4-21(23(28)25-15-17(2)3)26(16-19-8-6-5-7-9-19)22(27)14-18-10-12-20(24)13-11-18/h5-13,17,21H,4,14-16H2,1-3H3,(H,25,28). The third kappa shape index (κ3) is 6.68. The highest BCUT2D eigenvalue weighted by Crippen LogP contribution is 2.16. The molecule has 0 aromatic heterocycles. The van der Waals surface area contributed by atoms with Crippen LogP contribution in [0.2, 0.25) is 5.02 Å². The van der Waals surface area contributed by atoms with Crippen LogP contribution in [0.4, 0.5) is 0 Å². The Kier molecular flexibility index (Phi) is 8.52. The van der Waals surface area contributed by atoms with Gasteiger partial charge in [-0.3, -0.25) is 9.59 Å². The van der Waals surface area contributed by atoms with Crippen molar-refractivity contribution < 1.29 is 9.59 Å². The van der Waals surface area contributed by atoms with Crippen molar-refractivity contribution in [1.29, 1.82) is 0 Å². The highest BCUT2D eigenvalue weighted by molar-refractivity contribution is 6.30. The van der Waals surface area contributed by atoms with Gasteiger partial charge in [0.05, 0.1) is 6.42 Å². The normalized spacial score (nSPS) is 11.9. The first-order valence-electron chi connectivity index (χ1n) is 9.76. The van der Waals surface area contributed by atoms with E-state index < -0.39 is 6.04 Å². The summed E-state index contributed by atoms with van der Waals surface area (Å²) in [5.74, 6) is 0.183. The summed E-state index contributed by atoms with van der Waals surface area (Å²) in [7, 11) is 0. The Hall–Kier alpha value is -2.33. The van der Waals surface area contributed by atoms with E-state index in [0.717, 1.165) is 11.1 Å². The minimum Gasteiger partial charge on any atom is -0.354 e. The lowest BCUT2D eigenvalue weighted by Crippen LogP contribution is -2.50. The van der Waals surface area contributed by atoms with Crippen molar-refractivity contribution in [2.45, 2.75) is 46.2 Å². The number of nitrogens with zero attached hydrogens (tertiary/aromatic N) is 1. The van der Waals surface area contributed by atoms with Crippen molar-refractivity contribution >= 4 is 23.4 Å². The van der Waals surface area contributed by atoms with E-state index in [4.69, 9.17) is 11.6 Å². The molecule has 0 radical (unpaired) electrons. The van der Waals surface area contributed by atoms with Crippen LogP contribution in [-0.2, 0) is 22.6 Å². The van der Waals surface area contributed by atoms with Crippen molar-refractivity contribution in [2.24, 2.45) is 5.92 Å². The Morgan fingerprint density at radius 1 is 1.00 bits per heavy atom. The van der Waals surface area contributed by atoms with Gasteiger partial charge in [-0.25, -0.2) is 0 Å². The molecule has 4 nitrogen and oxygen atoms in total. The van der Waals surface area contributed by atoms with Gasteiger partial charge >= 0.3 is 0 Å². The van der Waals surface area contributed by atoms with Crippen LogP contribution in [-0.4, -0.2) is 29.3 Å². The summed E-state index contributed by atoms with van der Waals surface area (Å²) in [6.07, 6.45) is 0.793. The van der Waals surface area contributed by atoms with E-state index >= 15 is 0 Å². The fourth-order valence-electron chi connectivity index (χ4n) is 3.00. The zero-order valence-electron chi connectivity index (χ0n) is 16.8. The first kappa shape index (κ1) is 22.0. The lowest BCUT2D eigenvalue weighted by atomic mass is 10.1. The molecule has 150 valence electrons. The average Bonchev–Trinajstić information content (AvgIpc) is 2.68. The van der Waals surface area contributed by atoms with E-state index in [9.17, 15) is 9.59 Å². The van der Waals surface area contributed by atoms with Gasteiger partial charge in [0.25, 0.3) is 0 Å². The Morgan fingerprint density at radius 3 is 2.21 bits per heavy atom. The van der Waals surface area contributed by atoms with Crippen LogP contribution in [0.15, 0.2) is 54.6 Å². The van der Waals surface area contributed by atoms with E-state index in [0.29, 0.717) is 30.5 Å². The molecule has 0 fully saturated rings. The molecule has 1 N–H and O–H groups in total. The average molecular weight is 401 g/mol. The lowest BCUT2D eigenvalue weighted by Gasteiger charge is -2.31. The molecule has 5 heteroatoms. The van der Waals surface area contributed by atoms with Crippen molar-refractivity contribution in [3.8, 4) is 0 Å². The van der Waals surface area contributed by atoms with Crippen LogP contribution in [0.1, 0.15) is 38.3 Å². The monoisotopic (exact) mass is 400 g/mol. The second kappa shape index (κ2) is 10.9. The fraction of sp³-hybridized carbons (Fsp3) is 0.391. The molecule has 1 atom stereocenters. The lowest BCUT2D eigenvalue weighted by molar-refractivity contribution is -0.141. The minimum absolute atomic E-state index is 0.0716. The van der Waals surface area contributed by atoms with E-state index in [2.05, 4.69) is 19.2 Å². The fourth-order valence-corrected chi connectivity index (χ4v) is 3.13. The zero-order valence-corrected chi connectivity index (χ0v) is 17.6. The maximum absolute atomic E-state index is 13.2. The molecule has 1 unspecified atom stereocenters. The summed E-state index contributed by atoms with van der Waals surface area (Å²) in [6.45, 7) is 7.04. The number of amides is 2. The van der Waals surface area contributed by atoms with Gasteiger partial charge in [0, 0.05) is 18.1 Å². The molecular formula is C23H29ClN2O2. The first-order valence-corrected chi connectivity index (χ1v) is 10.1. The van der Waals surface area contributed by atoms with Crippen molar-refractivity contribution in [1.82, 2.24) is 10.2 Å². The van der Waals surface area contributed by atoms with Crippen LogP contribution in [0, 0.1) is 5.92 Å². The van der Waals surface area contributed by atoms with Gasteiger partial charge in [-0.1, -0.05) is 74.8 Å². The van der Waals surface area contributed by atoms with Crippen molar-refractivity contribution in [3.05, 3.63) is 70.7 Å². The number of hydrogen-bond donors (Lipinski definition) is 1. The third-order valence-corrected chi connectivity index (χ3v) is 4.79. The molecule has 2 rings (SSSR count). The number of carbonyl (C=O) groups excluding carboxylic acids is 2. The number of carbonyl (C=O) groups is 2. The molecule has 0 saturated carbocycles. The Morgan fingerprint density at radius 2 is 1.64 bits per heavy atom. The van der Waals surface area contributed by atoms with Gasteiger partial charge in [-0.2, -0.15) is 0 Å². The molecule has 0 bridgehead atoms. The summed E-state index contributed by atoms with van der Waals surface area (Å²) in [5, 5.41) is 3.61. The smallest absolute Gasteiger partial charge is 0.242 e. The van der Waals surface area contributed by atoms with Gasteiger partial charge in [0.15, 0.2) is 0 Å². The molecule has 0 aliphatic carbocycles. The molecule has 0 aliphatic heterocycles. The number of nitrogens with one attached hydrogen (secondary N) is 1. The summed E-state index contributed by atoms with van der Waals surface area (Å²) in [4.78, 5) is 27.6. The first-order chi connectivity index (χ1) is 13.4. The molecule has 28 heavy (non-hydrogen) atoms. The number of halogens is 1. The Balaban J connectivity index is 2.22. The quantitative estimate of drug-likeness (QED) is 0.675. The van der Waals surface area contributed by atoms with Gasteiger partial charge in [0.2, 0.25) is 11.8 Å². The second-order valence-corrected chi connectivity index (χ2v) is 7.81. The predicted octanol–water partition coefficient (Wildman–Crippen LogP) is 4.46. The largest absolute Gasteiger partial charge is 0.354 e. The molecule has 0 aliphatic rings. The molecule has 0 spiro atoms. The molecule has 2 amide bonds. The Labute approximate surface area is 172 Å². The van der Waals surface area contributed by atoms with E-state index in [1.807, 2.05) is 49.4 Å². The highest BCUT2D eigenvalue weighted by Gasteiger charge is 2.28. The topological polar surface area (TPSA) is 49.4 Å². The van der Waals surface area contributed by atoms with Crippen LogP contribution in [0.5, 0.6) is 0 Å². The van der Waals surface area contributed by atoms with Crippen molar-refractivity contribution in [2.75, 3.05) is 6.54 Å². The van der Waals surface area contributed by atoms with Gasteiger partial charge < -0.3 is 10.2 Å². The zero-order chi connectivity index (χ0) is 20.5. The van der Waals surface area contributed by atoms with Gasteiger partial charge in [0.1, 0.15) is 6.04 Å². The van der Waals surface area contributed by atoms with Crippen LogP contribution in [0.3, 0.4) is 0 Å². The molecular weight excluding hydrogens is 372 g/mol. The molecule has 2 aromatic carbocycles. The summed E-state index contributed by atoms with van der Waals surface area (Å²) < 4.78 is 0. The molecule has 0 saturated heterocycles. The van der Waals surface area contributed by atoms with E-state index in [1.165, 1.54) is 0 Å². The predicted molar refractivity (Wildman–Crippen MR) is 114 cm³/mol. The summed E-state index contributed by atoms with van der Waals surface area (Å²) in [5.41, 5.74) is 1.88. The number of benzene rings is 2. The van der Waals surface area contributed by atoms with Crippen LogP contribution < -0.4 is 5.32 Å². The van der Waals surface area contributed by atoms with Gasteiger partial charge in [-0.15, -0.1) is 0 Å².